The molecule has 3 atom stereocenters. The van der Waals surface area contributed by atoms with Gasteiger partial charge in [0.05, 0.1) is 5.56 Å². The fourth-order valence-electron chi connectivity index (χ4n) is 6.36. The molecule has 2 aliphatic heterocycles. The van der Waals surface area contributed by atoms with E-state index >= 15 is 0 Å². The Morgan fingerprint density at radius 1 is 0.958 bits per heavy atom. The number of anilines is 2. The molecule has 5 heterocycles. The lowest BCUT2D eigenvalue weighted by Gasteiger charge is -2.40. The van der Waals surface area contributed by atoms with Gasteiger partial charge >= 0.3 is 5.97 Å². The number of ether oxygens (including phenoxy) is 1. The monoisotopic (exact) mass is 652 g/mol. The third-order valence-corrected chi connectivity index (χ3v) is 8.73. The Morgan fingerprint density at radius 2 is 1.69 bits per heavy atom. The normalized spacial score (nSPS) is 19.3. The third kappa shape index (κ3) is 6.62. The Bertz CT molecular complexity index is 1850. The van der Waals surface area contributed by atoms with Crippen LogP contribution in [0.3, 0.4) is 0 Å². The molecule has 6 rings (SSSR count). The van der Waals surface area contributed by atoms with Gasteiger partial charge in [0.25, 0.3) is 11.8 Å². The van der Waals surface area contributed by atoms with E-state index < -0.39 is 17.6 Å². The van der Waals surface area contributed by atoms with Crippen LogP contribution in [0, 0.1) is 0 Å². The lowest BCUT2D eigenvalue weighted by molar-refractivity contribution is -0.162. The zero-order chi connectivity index (χ0) is 34.5. The molecular formula is C36H44N8O4. The molecule has 0 saturated carbocycles. The summed E-state index contributed by atoms with van der Waals surface area (Å²) in [6, 6.07) is 12.6. The van der Waals surface area contributed by atoms with E-state index in [0.29, 0.717) is 34.7 Å². The molecule has 252 valence electrons. The molecule has 3 aromatic heterocycles. The number of aromatic nitrogens is 4. The van der Waals surface area contributed by atoms with E-state index in [1.54, 1.807) is 43.4 Å². The first-order valence-corrected chi connectivity index (χ1v) is 16.3. The van der Waals surface area contributed by atoms with Crippen LogP contribution in [0.2, 0.25) is 0 Å². The number of hydrogen-bond acceptors (Lipinski definition) is 9. The van der Waals surface area contributed by atoms with Crippen molar-refractivity contribution >= 4 is 40.6 Å². The van der Waals surface area contributed by atoms with Gasteiger partial charge in [0.2, 0.25) is 5.95 Å². The van der Waals surface area contributed by atoms with Gasteiger partial charge in [-0.15, -0.1) is 0 Å². The van der Waals surface area contributed by atoms with Gasteiger partial charge in [-0.1, -0.05) is 32.9 Å². The van der Waals surface area contributed by atoms with Gasteiger partial charge in [-0.3, -0.25) is 14.2 Å². The summed E-state index contributed by atoms with van der Waals surface area (Å²) in [7, 11) is 3.44. The molecule has 0 radical (unpaired) electrons. The second kappa shape index (κ2) is 12.3. The van der Waals surface area contributed by atoms with Crippen LogP contribution < -0.4 is 10.6 Å². The van der Waals surface area contributed by atoms with Crippen LogP contribution in [-0.2, 0) is 14.9 Å². The minimum Gasteiger partial charge on any atom is -0.458 e. The minimum atomic E-state index is -0.710. The highest BCUT2D eigenvalue weighted by atomic mass is 16.6. The van der Waals surface area contributed by atoms with Crippen LogP contribution in [0.5, 0.6) is 0 Å². The van der Waals surface area contributed by atoms with Gasteiger partial charge < -0.3 is 25.2 Å². The van der Waals surface area contributed by atoms with Crippen LogP contribution in [-0.4, -0.2) is 91.5 Å². The van der Waals surface area contributed by atoms with Gasteiger partial charge in [0.1, 0.15) is 23.2 Å². The number of hydrogen-bond donors (Lipinski definition) is 2. The second-order valence-corrected chi connectivity index (χ2v) is 14.9. The van der Waals surface area contributed by atoms with Crippen LogP contribution in [0.25, 0.3) is 16.7 Å². The molecular weight excluding hydrogens is 608 g/mol. The Labute approximate surface area is 280 Å². The average molecular weight is 653 g/mol. The van der Waals surface area contributed by atoms with Crippen LogP contribution in [0.4, 0.5) is 11.8 Å². The van der Waals surface area contributed by atoms with Crippen LogP contribution in [0.1, 0.15) is 80.8 Å². The molecule has 2 bridgehead atoms. The molecule has 48 heavy (non-hydrogen) atoms. The summed E-state index contributed by atoms with van der Waals surface area (Å²) in [6.45, 7) is 12.4. The van der Waals surface area contributed by atoms with Gasteiger partial charge in [-0.25, -0.2) is 14.8 Å². The first-order chi connectivity index (χ1) is 22.6. The topological polar surface area (TPSA) is 135 Å². The van der Waals surface area contributed by atoms with Gasteiger partial charge in [0, 0.05) is 56.2 Å². The predicted molar refractivity (Wildman–Crippen MR) is 184 cm³/mol. The fraction of sp³-hybridized carbons (Fsp3) is 0.444. The maximum absolute atomic E-state index is 13.7. The number of amides is 2. The van der Waals surface area contributed by atoms with E-state index in [2.05, 4.69) is 53.5 Å². The average Bonchev–Trinajstić information content (AvgIpc) is 3.59. The lowest BCUT2D eigenvalue weighted by atomic mass is 9.87. The molecule has 3 unspecified atom stereocenters. The number of esters is 1. The lowest BCUT2D eigenvalue weighted by Crippen LogP contribution is -2.63. The van der Waals surface area contributed by atoms with Crippen molar-refractivity contribution in [3.63, 3.8) is 0 Å². The van der Waals surface area contributed by atoms with E-state index in [0.717, 1.165) is 18.5 Å². The number of likely N-dealkylation sites (tertiary alicyclic amines) is 1. The molecule has 12 nitrogen and oxygen atoms in total. The summed E-state index contributed by atoms with van der Waals surface area (Å²) in [5.74, 6) is -0.109. The zero-order valence-electron chi connectivity index (χ0n) is 28.9. The Balaban J connectivity index is 1.26. The zero-order valence-corrected chi connectivity index (χ0v) is 28.9. The minimum absolute atomic E-state index is 0.0174. The van der Waals surface area contributed by atoms with E-state index in [1.807, 2.05) is 37.5 Å². The highest BCUT2D eigenvalue weighted by molar-refractivity contribution is 5.99. The van der Waals surface area contributed by atoms with E-state index in [1.165, 1.54) is 16.7 Å². The van der Waals surface area contributed by atoms with Crippen molar-refractivity contribution in [3.05, 3.63) is 71.7 Å². The standard InChI is InChI=1S/C36H44N8O4/c1-35(2,3)23-10-13-25(14-11-23)44-27(32(46)42(7)8)17-22-19-38-34(41-30(22)44)40-28-16-9-21(18-37-28)31(45)43-20-24-12-15-26(39-24)29(43)33(47)48-36(4,5)6/h9-11,13-14,16-19,24,26,29,39H,12,15,20H2,1-8H3,(H,37,38,40,41). The number of pyridine rings is 1. The number of carbonyl (C=O) groups excluding carboxylic acids is 3. The summed E-state index contributed by atoms with van der Waals surface area (Å²) in [5.41, 5.74) is 2.70. The molecule has 12 heteroatoms. The number of benzene rings is 1. The van der Waals surface area contributed by atoms with Crippen molar-refractivity contribution < 1.29 is 19.1 Å². The number of piperazine rings is 1. The fourth-order valence-corrected chi connectivity index (χ4v) is 6.36. The van der Waals surface area contributed by atoms with Crippen molar-refractivity contribution in [2.45, 2.75) is 83.5 Å². The number of carbonyl (C=O) groups is 3. The SMILES string of the molecule is CN(C)C(=O)c1cc2cnc(Nc3ccc(C(=O)N4CC5CCC(N5)C4C(=O)OC(C)(C)C)cn3)nc2n1-c1ccc(C(C)(C)C)cc1. The molecule has 2 N–H and O–H groups in total. The maximum Gasteiger partial charge on any atom is 0.331 e. The van der Waals surface area contributed by atoms with Crippen LogP contribution in [0.15, 0.2) is 54.9 Å². The van der Waals surface area contributed by atoms with Gasteiger partial charge in [-0.2, -0.15) is 4.98 Å². The van der Waals surface area contributed by atoms with Crippen molar-refractivity contribution in [3.8, 4) is 5.69 Å². The largest absolute Gasteiger partial charge is 0.458 e. The molecule has 0 spiro atoms. The number of rotatable bonds is 6. The predicted octanol–water partition coefficient (Wildman–Crippen LogP) is 4.85. The first kappa shape index (κ1) is 33.1. The molecule has 1 aromatic carbocycles. The Morgan fingerprint density at radius 3 is 2.31 bits per heavy atom. The van der Waals surface area contributed by atoms with Crippen LogP contribution >= 0.6 is 0 Å². The second-order valence-electron chi connectivity index (χ2n) is 14.9. The van der Waals surface area contributed by atoms with E-state index in [-0.39, 0.29) is 35.3 Å². The molecule has 2 saturated heterocycles. The Kier molecular flexibility index (Phi) is 8.49. The summed E-state index contributed by atoms with van der Waals surface area (Å²) in [4.78, 5) is 57.1. The van der Waals surface area contributed by atoms with E-state index in [4.69, 9.17) is 9.72 Å². The number of fused-ring (bicyclic) bond motifs is 3. The van der Waals surface area contributed by atoms with Crippen molar-refractivity contribution in [1.82, 2.24) is 34.6 Å². The van der Waals surface area contributed by atoms with Crippen molar-refractivity contribution in [2.24, 2.45) is 0 Å². The summed E-state index contributed by atoms with van der Waals surface area (Å²) >= 11 is 0. The summed E-state index contributed by atoms with van der Waals surface area (Å²) in [5, 5.41) is 7.32. The molecule has 2 fully saturated rings. The molecule has 2 aliphatic rings. The smallest absolute Gasteiger partial charge is 0.331 e. The first-order valence-electron chi connectivity index (χ1n) is 16.3. The van der Waals surface area contributed by atoms with Crippen molar-refractivity contribution in [2.75, 3.05) is 26.0 Å². The maximum atomic E-state index is 13.7. The summed E-state index contributed by atoms with van der Waals surface area (Å²) < 4.78 is 7.55. The van der Waals surface area contributed by atoms with Gasteiger partial charge in [-0.05, 0) is 74.9 Å². The Hall–Kier alpha value is -4.84. The van der Waals surface area contributed by atoms with E-state index in [9.17, 15) is 14.4 Å². The van der Waals surface area contributed by atoms with Crippen molar-refractivity contribution in [1.29, 1.82) is 0 Å². The quantitative estimate of drug-likeness (QED) is 0.281. The number of nitrogens with zero attached hydrogens (tertiary/aromatic N) is 6. The third-order valence-electron chi connectivity index (χ3n) is 8.73. The van der Waals surface area contributed by atoms with Gasteiger partial charge in [0.15, 0.2) is 5.65 Å². The molecule has 0 aliphatic carbocycles. The highest BCUT2D eigenvalue weighted by Gasteiger charge is 2.47. The molecule has 4 aromatic rings. The summed E-state index contributed by atoms with van der Waals surface area (Å²) in [6.07, 6.45) is 4.87. The highest BCUT2D eigenvalue weighted by Crippen LogP contribution is 2.30. The molecule has 2 amide bonds. The number of nitrogens with one attached hydrogen (secondary N) is 2.